The van der Waals surface area contributed by atoms with E-state index in [1.807, 2.05) is 24.0 Å². The third-order valence-electron chi connectivity index (χ3n) is 4.27. The number of nitrogens with zero attached hydrogens (tertiary/aromatic N) is 3. The normalized spacial score (nSPS) is 15.1. The van der Waals surface area contributed by atoms with E-state index in [2.05, 4.69) is 25.0 Å². The van der Waals surface area contributed by atoms with Gasteiger partial charge in [-0.05, 0) is 17.5 Å². The second kappa shape index (κ2) is 6.10. The van der Waals surface area contributed by atoms with Crippen LogP contribution >= 0.6 is 0 Å². The van der Waals surface area contributed by atoms with E-state index in [-0.39, 0.29) is 6.09 Å². The minimum atomic E-state index is -0.269. The van der Waals surface area contributed by atoms with Crippen molar-refractivity contribution in [1.29, 1.82) is 0 Å². The molecule has 1 aromatic heterocycles. The zero-order chi connectivity index (χ0) is 16.6. The molecular formula is C17H23N3O3. The Morgan fingerprint density at radius 3 is 2.78 bits per heavy atom. The van der Waals surface area contributed by atoms with Crippen LogP contribution in [-0.4, -0.2) is 47.6 Å². The Kier molecular flexibility index (Phi) is 4.15. The molecule has 23 heavy (non-hydrogen) atoms. The number of aromatic nitrogens is 2. The van der Waals surface area contributed by atoms with Crippen LogP contribution in [-0.2, 0) is 11.8 Å². The summed E-state index contributed by atoms with van der Waals surface area (Å²) in [5.74, 6) is 1.59. The summed E-state index contributed by atoms with van der Waals surface area (Å²) in [5.41, 5.74) is 2.18. The Balaban J connectivity index is 1.70. The van der Waals surface area contributed by atoms with Gasteiger partial charge in [0.1, 0.15) is 11.3 Å². The Labute approximate surface area is 136 Å². The zero-order valence-electron chi connectivity index (χ0n) is 14.1. The molecule has 3 rings (SSSR count). The number of likely N-dealkylation sites (tertiary alicyclic amines) is 1. The summed E-state index contributed by atoms with van der Waals surface area (Å²) in [6.07, 6.45) is 1.77. The fourth-order valence-corrected chi connectivity index (χ4v) is 3.00. The molecule has 6 heteroatoms. The summed E-state index contributed by atoms with van der Waals surface area (Å²) < 4.78 is 12.5. The number of carbonyl (C=O) groups excluding carboxylic acids is 1. The molecule has 0 aliphatic carbocycles. The largest absolute Gasteiger partial charge is 0.491 e. The molecule has 2 heterocycles. The standard InChI is InChI=1S/C17H23N3O3/c1-11(2)13-5-6-15(16-14(13)9-19(3)18-16)23-10-12-7-20(8-12)17(21)22-4/h5-6,9,11-12H,7-8,10H2,1-4H3. The molecule has 2 aromatic rings. The third kappa shape index (κ3) is 2.98. The number of fused-ring (bicyclic) bond motifs is 1. The van der Waals surface area contributed by atoms with Gasteiger partial charge in [-0.1, -0.05) is 19.9 Å². The second-order valence-electron chi connectivity index (χ2n) is 6.42. The number of amides is 1. The van der Waals surface area contributed by atoms with E-state index in [9.17, 15) is 4.79 Å². The molecule has 1 aromatic carbocycles. The summed E-state index contributed by atoms with van der Waals surface area (Å²) in [6, 6.07) is 4.12. The summed E-state index contributed by atoms with van der Waals surface area (Å²) in [5, 5.41) is 5.68. The Bertz CT molecular complexity index is 717. The lowest BCUT2D eigenvalue weighted by Crippen LogP contribution is -2.52. The minimum Gasteiger partial charge on any atom is -0.491 e. The molecule has 6 nitrogen and oxygen atoms in total. The van der Waals surface area contributed by atoms with Gasteiger partial charge in [0, 0.05) is 37.6 Å². The first-order chi connectivity index (χ1) is 11.0. The number of ether oxygens (including phenoxy) is 2. The summed E-state index contributed by atoms with van der Waals surface area (Å²) in [6.45, 7) is 6.31. The number of hydrogen-bond donors (Lipinski definition) is 0. The van der Waals surface area contributed by atoms with E-state index in [4.69, 9.17) is 9.47 Å². The third-order valence-corrected chi connectivity index (χ3v) is 4.27. The SMILES string of the molecule is COC(=O)N1CC(COc2ccc(C(C)C)c3cn(C)nc23)C1. The van der Waals surface area contributed by atoms with Gasteiger partial charge < -0.3 is 14.4 Å². The highest BCUT2D eigenvalue weighted by molar-refractivity contribution is 5.87. The molecule has 1 amide bonds. The molecule has 0 unspecified atom stereocenters. The maximum atomic E-state index is 11.3. The first kappa shape index (κ1) is 15.6. The van der Waals surface area contributed by atoms with Gasteiger partial charge in [0.15, 0.2) is 0 Å². The highest BCUT2D eigenvalue weighted by atomic mass is 16.5. The molecule has 0 atom stereocenters. The maximum absolute atomic E-state index is 11.3. The number of rotatable bonds is 4. The van der Waals surface area contributed by atoms with Crippen LogP contribution < -0.4 is 4.74 Å². The molecule has 0 N–H and O–H groups in total. The fourth-order valence-electron chi connectivity index (χ4n) is 3.00. The first-order valence-corrected chi connectivity index (χ1v) is 7.91. The Morgan fingerprint density at radius 2 is 2.13 bits per heavy atom. The minimum absolute atomic E-state index is 0.269. The van der Waals surface area contributed by atoms with Crippen molar-refractivity contribution in [1.82, 2.24) is 14.7 Å². The first-order valence-electron chi connectivity index (χ1n) is 7.91. The molecule has 1 fully saturated rings. The molecule has 124 valence electrons. The predicted molar refractivity (Wildman–Crippen MR) is 87.8 cm³/mol. The van der Waals surface area contributed by atoms with Gasteiger partial charge in [0.2, 0.25) is 0 Å². The van der Waals surface area contributed by atoms with E-state index in [0.717, 1.165) is 16.7 Å². The van der Waals surface area contributed by atoms with Gasteiger partial charge in [-0.2, -0.15) is 5.10 Å². The van der Waals surface area contributed by atoms with Crippen LogP contribution in [0.4, 0.5) is 4.79 Å². The second-order valence-corrected chi connectivity index (χ2v) is 6.42. The van der Waals surface area contributed by atoms with E-state index in [0.29, 0.717) is 31.5 Å². The average molecular weight is 317 g/mol. The molecule has 1 saturated heterocycles. The summed E-state index contributed by atoms with van der Waals surface area (Å²) in [7, 11) is 3.33. The zero-order valence-corrected chi connectivity index (χ0v) is 14.1. The van der Waals surface area contributed by atoms with Crippen LogP contribution in [0.3, 0.4) is 0 Å². The highest BCUT2D eigenvalue weighted by Gasteiger charge is 2.31. The molecule has 0 radical (unpaired) electrons. The number of hydrogen-bond acceptors (Lipinski definition) is 4. The lowest BCUT2D eigenvalue weighted by molar-refractivity contribution is 0.0484. The number of methoxy groups -OCH3 is 1. The number of carbonyl (C=O) groups is 1. The predicted octanol–water partition coefficient (Wildman–Crippen LogP) is 2.77. The van der Waals surface area contributed by atoms with E-state index in [1.54, 1.807) is 4.90 Å². The van der Waals surface area contributed by atoms with Crippen molar-refractivity contribution in [2.75, 3.05) is 26.8 Å². The summed E-state index contributed by atoms with van der Waals surface area (Å²) in [4.78, 5) is 13.0. The molecular weight excluding hydrogens is 294 g/mol. The van der Waals surface area contributed by atoms with E-state index >= 15 is 0 Å². The molecule has 0 saturated carbocycles. The van der Waals surface area contributed by atoms with E-state index < -0.39 is 0 Å². The van der Waals surface area contributed by atoms with Crippen LogP contribution in [0.1, 0.15) is 25.3 Å². The number of aryl methyl sites for hydroxylation is 1. The van der Waals surface area contributed by atoms with Crippen LogP contribution in [0.15, 0.2) is 18.3 Å². The average Bonchev–Trinajstić information content (AvgIpc) is 2.86. The van der Waals surface area contributed by atoms with Crippen LogP contribution in [0.5, 0.6) is 5.75 Å². The molecule has 1 aliphatic heterocycles. The van der Waals surface area contributed by atoms with Crippen molar-refractivity contribution in [3.05, 3.63) is 23.9 Å². The van der Waals surface area contributed by atoms with Gasteiger partial charge in [0.05, 0.1) is 13.7 Å². The highest BCUT2D eigenvalue weighted by Crippen LogP contribution is 2.32. The van der Waals surface area contributed by atoms with Crippen LogP contribution in [0.25, 0.3) is 10.9 Å². The van der Waals surface area contributed by atoms with Gasteiger partial charge in [-0.3, -0.25) is 4.68 Å². The molecule has 1 aliphatic rings. The van der Waals surface area contributed by atoms with Crippen molar-refractivity contribution in [3.63, 3.8) is 0 Å². The van der Waals surface area contributed by atoms with Crippen molar-refractivity contribution >= 4 is 17.0 Å². The smallest absolute Gasteiger partial charge is 0.409 e. The van der Waals surface area contributed by atoms with Crippen molar-refractivity contribution in [2.45, 2.75) is 19.8 Å². The van der Waals surface area contributed by atoms with Gasteiger partial charge >= 0.3 is 6.09 Å². The topological polar surface area (TPSA) is 56.6 Å². The van der Waals surface area contributed by atoms with Crippen molar-refractivity contribution in [2.24, 2.45) is 13.0 Å². The summed E-state index contributed by atoms with van der Waals surface area (Å²) >= 11 is 0. The van der Waals surface area contributed by atoms with E-state index in [1.165, 1.54) is 12.7 Å². The van der Waals surface area contributed by atoms with Crippen molar-refractivity contribution in [3.8, 4) is 5.75 Å². The number of benzene rings is 1. The Morgan fingerprint density at radius 1 is 1.39 bits per heavy atom. The fraction of sp³-hybridized carbons (Fsp3) is 0.529. The quantitative estimate of drug-likeness (QED) is 0.870. The van der Waals surface area contributed by atoms with Crippen LogP contribution in [0, 0.1) is 5.92 Å². The monoisotopic (exact) mass is 317 g/mol. The molecule has 0 bridgehead atoms. The maximum Gasteiger partial charge on any atom is 0.409 e. The van der Waals surface area contributed by atoms with Crippen molar-refractivity contribution < 1.29 is 14.3 Å². The van der Waals surface area contributed by atoms with Gasteiger partial charge in [-0.25, -0.2) is 4.79 Å². The lowest BCUT2D eigenvalue weighted by Gasteiger charge is -2.37. The van der Waals surface area contributed by atoms with Gasteiger partial charge in [-0.15, -0.1) is 0 Å². The molecule has 0 spiro atoms. The van der Waals surface area contributed by atoms with Crippen LogP contribution in [0.2, 0.25) is 0 Å². The van der Waals surface area contributed by atoms with Gasteiger partial charge in [0.25, 0.3) is 0 Å². The Hall–Kier alpha value is -2.24. The lowest BCUT2D eigenvalue weighted by atomic mass is 9.99.